The standard InChI is InChI=1S/C19H15ClN2O5/c20-14-5-1-12(2-6-14)9-17(23)21-22-18(24)11-26-15-7-3-13-4-8-19(25)27-16(13)10-15/h1-8,10H,9,11H2,(H,21,23)(H,22,24). The molecule has 3 rings (SSSR count). The number of hydrogen-bond donors (Lipinski definition) is 2. The minimum atomic E-state index is -0.533. The maximum absolute atomic E-state index is 11.8. The van der Waals surface area contributed by atoms with Gasteiger partial charge in [-0.3, -0.25) is 20.4 Å². The van der Waals surface area contributed by atoms with Crippen molar-refractivity contribution in [1.82, 2.24) is 10.9 Å². The van der Waals surface area contributed by atoms with E-state index in [4.69, 9.17) is 20.8 Å². The van der Waals surface area contributed by atoms with E-state index in [2.05, 4.69) is 10.9 Å². The number of amides is 2. The van der Waals surface area contributed by atoms with Gasteiger partial charge in [-0.2, -0.15) is 0 Å². The summed E-state index contributed by atoms with van der Waals surface area (Å²) >= 11 is 5.78. The van der Waals surface area contributed by atoms with Gasteiger partial charge < -0.3 is 9.15 Å². The van der Waals surface area contributed by atoms with Crippen LogP contribution in [0.1, 0.15) is 5.56 Å². The predicted octanol–water partition coefficient (Wildman–Crippen LogP) is 2.22. The number of carbonyl (C=O) groups is 2. The zero-order valence-electron chi connectivity index (χ0n) is 14.0. The van der Waals surface area contributed by atoms with E-state index in [-0.39, 0.29) is 18.9 Å². The molecule has 0 aliphatic carbocycles. The summed E-state index contributed by atoms with van der Waals surface area (Å²) in [5.74, 6) is -0.549. The van der Waals surface area contributed by atoms with Crippen LogP contribution in [0.15, 0.2) is 63.8 Å². The van der Waals surface area contributed by atoms with E-state index < -0.39 is 11.5 Å². The molecule has 0 saturated heterocycles. The Morgan fingerprint density at radius 1 is 0.963 bits per heavy atom. The fourth-order valence-corrected chi connectivity index (χ4v) is 2.41. The lowest BCUT2D eigenvalue weighted by Crippen LogP contribution is -2.44. The molecule has 2 N–H and O–H groups in total. The van der Waals surface area contributed by atoms with Crippen LogP contribution < -0.4 is 21.2 Å². The molecule has 138 valence electrons. The topological polar surface area (TPSA) is 97.6 Å². The smallest absolute Gasteiger partial charge is 0.336 e. The van der Waals surface area contributed by atoms with Gasteiger partial charge in [0.05, 0.1) is 6.42 Å². The molecule has 27 heavy (non-hydrogen) atoms. The second-order valence-corrected chi connectivity index (χ2v) is 6.08. The highest BCUT2D eigenvalue weighted by Gasteiger charge is 2.08. The fraction of sp³-hybridized carbons (Fsp3) is 0.105. The third-order valence-electron chi connectivity index (χ3n) is 3.58. The van der Waals surface area contributed by atoms with Crippen molar-refractivity contribution in [2.75, 3.05) is 6.61 Å². The number of ether oxygens (including phenoxy) is 1. The lowest BCUT2D eigenvalue weighted by molar-refractivity contribution is -0.129. The number of carbonyl (C=O) groups excluding carboxylic acids is 2. The molecular weight excluding hydrogens is 372 g/mol. The van der Waals surface area contributed by atoms with Gasteiger partial charge in [0.1, 0.15) is 11.3 Å². The van der Waals surface area contributed by atoms with Crippen LogP contribution in [-0.2, 0) is 16.0 Å². The van der Waals surface area contributed by atoms with Gasteiger partial charge in [0.15, 0.2) is 6.61 Å². The van der Waals surface area contributed by atoms with Gasteiger partial charge in [-0.05, 0) is 35.9 Å². The molecule has 8 heteroatoms. The van der Waals surface area contributed by atoms with Crippen molar-refractivity contribution in [1.29, 1.82) is 0 Å². The first-order valence-electron chi connectivity index (χ1n) is 7.98. The van der Waals surface area contributed by atoms with E-state index in [1.165, 1.54) is 12.1 Å². The minimum absolute atomic E-state index is 0.0992. The maximum atomic E-state index is 11.8. The number of benzene rings is 2. The highest BCUT2D eigenvalue weighted by Crippen LogP contribution is 2.19. The van der Waals surface area contributed by atoms with E-state index >= 15 is 0 Å². The lowest BCUT2D eigenvalue weighted by Gasteiger charge is -2.09. The molecular formula is C19H15ClN2O5. The Morgan fingerprint density at radius 3 is 2.44 bits per heavy atom. The summed E-state index contributed by atoms with van der Waals surface area (Å²) in [6.07, 6.45) is 0.0992. The van der Waals surface area contributed by atoms with Crippen molar-refractivity contribution in [3.8, 4) is 5.75 Å². The molecule has 0 aliphatic heterocycles. The van der Waals surface area contributed by atoms with Crippen LogP contribution in [0.4, 0.5) is 0 Å². The zero-order valence-corrected chi connectivity index (χ0v) is 14.8. The number of rotatable bonds is 5. The number of fused-ring (bicyclic) bond motifs is 1. The number of halogens is 1. The van der Waals surface area contributed by atoms with Crippen molar-refractivity contribution in [3.05, 3.63) is 75.6 Å². The predicted molar refractivity (Wildman–Crippen MR) is 99.4 cm³/mol. The monoisotopic (exact) mass is 386 g/mol. The quantitative estimate of drug-likeness (QED) is 0.517. The summed E-state index contributed by atoms with van der Waals surface area (Å²) < 4.78 is 10.4. The summed E-state index contributed by atoms with van der Waals surface area (Å²) in [5, 5.41) is 1.32. The molecule has 0 radical (unpaired) electrons. The maximum Gasteiger partial charge on any atom is 0.336 e. The molecule has 0 bridgehead atoms. The van der Waals surface area contributed by atoms with Gasteiger partial charge in [-0.25, -0.2) is 4.79 Å². The molecule has 2 aromatic carbocycles. The van der Waals surface area contributed by atoms with E-state index in [9.17, 15) is 14.4 Å². The molecule has 0 fully saturated rings. The van der Waals surface area contributed by atoms with Gasteiger partial charge in [-0.1, -0.05) is 23.7 Å². The van der Waals surface area contributed by atoms with E-state index in [1.807, 2.05) is 0 Å². The Kier molecular flexibility index (Phi) is 5.73. The van der Waals surface area contributed by atoms with Crippen molar-refractivity contribution >= 4 is 34.4 Å². The molecule has 1 aromatic heterocycles. The first-order valence-corrected chi connectivity index (χ1v) is 8.36. The van der Waals surface area contributed by atoms with E-state index in [1.54, 1.807) is 42.5 Å². The van der Waals surface area contributed by atoms with Crippen molar-refractivity contribution in [2.24, 2.45) is 0 Å². The number of hydrazine groups is 1. The molecule has 1 heterocycles. The Bertz CT molecular complexity index is 1030. The van der Waals surface area contributed by atoms with Crippen LogP contribution in [0.25, 0.3) is 11.0 Å². The second kappa shape index (κ2) is 8.37. The Balaban J connectivity index is 1.47. The van der Waals surface area contributed by atoms with Crippen molar-refractivity contribution < 1.29 is 18.7 Å². The van der Waals surface area contributed by atoms with E-state index in [0.717, 1.165) is 10.9 Å². The van der Waals surface area contributed by atoms with Crippen molar-refractivity contribution in [2.45, 2.75) is 6.42 Å². The van der Waals surface area contributed by atoms with E-state index in [0.29, 0.717) is 16.4 Å². The average molecular weight is 387 g/mol. The average Bonchev–Trinajstić information content (AvgIpc) is 2.66. The van der Waals surface area contributed by atoms with Crippen LogP contribution in [0.5, 0.6) is 5.75 Å². The first-order chi connectivity index (χ1) is 13.0. The normalized spacial score (nSPS) is 10.4. The SMILES string of the molecule is O=C(COc1ccc2ccc(=O)oc2c1)NNC(=O)Cc1ccc(Cl)cc1. The Hall–Kier alpha value is -3.32. The molecule has 3 aromatic rings. The Labute approximate surface area is 158 Å². The third-order valence-corrected chi connectivity index (χ3v) is 3.84. The Morgan fingerprint density at radius 2 is 1.67 bits per heavy atom. The van der Waals surface area contributed by atoms with Gasteiger partial charge >= 0.3 is 5.63 Å². The summed E-state index contributed by atoms with van der Waals surface area (Å²) in [5.41, 5.74) is 5.23. The molecule has 0 aliphatic rings. The zero-order chi connectivity index (χ0) is 19.2. The molecule has 0 atom stereocenters. The largest absolute Gasteiger partial charge is 0.484 e. The minimum Gasteiger partial charge on any atom is -0.484 e. The highest BCUT2D eigenvalue weighted by atomic mass is 35.5. The fourth-order valence-electron chi connectivity index (χ4n) is 2.29. The molecule has 2 amide bonds. The highest BCUT2D eigenvalue weighted by molar-refractivity contribution is 6.30. The van der Waals surface area contributed by atoms with Crippen LogP contribution in [-0.4, -0.2) is 18.4 Å². The third kappa shape index (κ3) is 5.32. The first kappa shape index (κ1) is 18.5. The van der Waals surface area contributed by atoms with Gasteiger partial charge in [-0.15, -0.1) is 0 Å². The van der Waals surface area contributed by atoms with Crippen LogP contribution in [0.2, 0.25) is 5.02 Å². The molecule has 7 nitrogen and oxygen atoms in total. The van der Waals surface area contributed by atoms with Gasteiger partial charge in [0.25, 0.3) is 5.91 Å². The van der Waals surface area contributed by atoms with Crippen LogP contribution >= 0.6 is 11.6 Å². The second-order valence-electron chi connectivity index (χ2n) is 5.64. The van der Waals surface area contributed by atoms with Gasteiger partial charge in [0.2, 0.25) is 5.91 Å². The summed E-state index contributed by atoms with van der Waals surface area (Å²) in [4.78, 5) is 34.8. The number of nitrogens with one attached hydrogen (secondary N) is 2. The lowest BCUT2D eigenvalue weighted by atomic mass is 10.1. The van der Waals surface area contributed by atoms with Crippen LogP contribution in [0.3, 0.4) is 0 Å². The molecule has 0 spiro atoms. The van der Waals surface area contributed by atoms with Crippen LogP contribution in [0, 0.1) is 0 Å². The number of hydrogen-bond acceptors (Lipinski definition) is 5. The summed E-state index contributed by atoms with van der Waals surface area (Å²) in [6.45, 7) is -0.316. The summed E-state index contributed by atoms with van der Waals surface area (Å²) in [7, 11) is 0. The van der Waals surface area contributed by atoms with Crippen molar-refractivity contribution in [3.63, 3.8) is 0 Å². The molecule has 0 unspecified atom stereocenters. The summed E-state index contributed by atoms with van der Waals surface area (Å²) in [6, 6.07) is 14.6. The van der Waals surface area contributed by atoms with Gasteiger partial charge in [0, 0.05) is 22.5 Å². The molecule has 0 saturated carbocycles.